The molecule has 0 aliphatic rings. The highest BCUT2D eigenvalue weighted by Crippen LogP contribution is 2.24. The molecule has 0 unspecified atom stereocenters. The Morgan fingerprint density at radius 1 is 1.03 bits per heavy atom. The highest BCUT2D eigenvalue weighted by atomic mass is 19.1. The van der Waals surface area contributed by atoms with Crippen molar-refractivity contribution in [2.75, 3.05) is 11.9 Å². The number of ether oxygens (including phenoxy) is 1. The first-order chi connectivity index (χ1) is 14.6. The van der Waals surface area contributed by atoms with Gasteiger partial charge in [-0.05, 0) is 73.7 Å². The van der Waals surface area contributed by atoms with Gasteiger partial charge in [0.05, 0.1) is 18.0 Å². The Hall–Kier alpha value is -4.00. The number of anilines is 1. The standard InChI is InChI=1S/C23H19FN4O2/c1-2-30-20-9-5-18(6-10-20)26-23(29)21-15-22(16-11-13-25-14-12-16)28(27-21)19-7-3-17(24)4-8-19/h3-15H,2H2,1H3,(H,26,29). The number of hydrogen-bond donors (Lipinski definition) is 1. The molecule has 2 heterocycles. The first-order valence-corrected chi connectivity index (χ1v) is 9.44. The molecule has 4 aromatic rings. The zero-order valence-electron chi connectivity index (χ0n) is 16.2. The Morgan fingerprint density at radius 2 is 1.73 bits per heavy atom. The van der Waals surface area contributed by atoms with Gasteiger partial charge in [-0.2, -0.15) is 5.10 Å². The van der Waals surface area contributed by atoms with E-state index in [4.69, 9.17) is 4.74 Å². The molecule has 0 aliphatic heterocycles. The van der Waals surface area contributed by atoms with E-state index in [9.17, 15) is 9.18 Å². The minimum atomic E-state index is -0.352. The SMILES string of the molecule is CCOc1ccc(NC(=O)c2cc(-c3ccncc3)n(-c3ccc(F)cc3)n2)cc1. The Bertz CT molecular complexity index is 1140. The van der Waals surface area contributed by atoms with Gasteiger partial charge in [0, 0.05) is 23.6 Å². The summed E-state index contributed by atoms with van der Waals surface area (Å²) in [4.78, 5) is 16.9. The van der Waals surface area contributed by atoms with E-state index in [-0.39, 0.29) is 17.4 Å². The fraction of sp³-hybridized carbons (Fsp3) is 0.0870. The summed E-state index contributed by atoms with van der Waals surface area (Å²) in [6.07, 6.45) is 3.33. The zero-order valence-corrected chi connectivity index (χ0v) is 16.2. The lowest BCUT2D eigenvalue weighted by Gasteiger charge is -2.07. The van der Waals surface area contributed by atoms with Crippen LogP contribution in [0.1, 0.15) is 17.4 Å². The third-order valence-corrected chi connectivity index (χ3v) is 4.41. The number of rotatable bonds is 6. The number of nitrogens with one attached hydrogen (secondary N) is 1. The molecule has 1 N–H and O–H groups in total. The number of pyridine rings is 1. The smallest absolute Gasteiger partial charge is 0.276 e. The second kappa shape index (κ2) is 8.57. The first-order valence-electron chi connectivity index (χ1n) is 9.44. The normalized spacial score (nSPS) is 10.6. The summed E-state index contributed by atoms with van der Waals surface area (Å²) >= 11 is 0. The van der Waals surface area contributed by atoms with E-state index in [1.165, 1.54) is 12.1 Å². The fourth-order valence-corrected chi connectivity index (χ4v) is 3.00. The van der Waals surface area contributed by atoms with Crippen LogP contribution < -0.4 is 10.1 Å². The van der Waals surface area contributed by atoms with E-state index >= 15 is 0 Å². The van der Waals surface area contributed by atoms with E-state index in [0.717, 1.165) is 11.3 Å². The van der Waals surface area contributed by atoms with E-state index in [0.29, 0.717) is 23.7 Å². The average molecular weight is 402 g/mol. The predicted molar refractivity (Wildman–Crippen MR) is 112 cm³/mol. The average Bonchev–Trinajstić information content (AvgIpc) is 3.22. The van der Waals surface area contributed by atoms with E-state index in [1.807, 2.05) is 19.1 Å². The second-order valence-electron chi connectivity index (χ2n) is 6.45. The monoisotopic (exact) mass is 402 g/mol. The maximum absolute atomic E-state index is 13.4. The molecular weight excluding hydrogens is 383 g/mol. The van der Waals surface area contributed by atoms with Gasteiger partial charge in [0.2, 0.25) is 0 Å². The molecule has 0 spiro atoms. The number of carbonyl (C=O) groups excluding carboxylic acids is 1. The summed E-state index contributed by atoms with van der Waals surface area (Å²) < 4.78 is 20.4. The predicted octanol–water partition coefficient (Wildman–Crippen LogP) is 4.72. The number of aromatic nitrogens is 3. The van der Waals surface area contributed by atoms with Crippen LogP contribution in [-0.4, -0.2) is 27.3 Å². The van der Waals surface area contributed by atoms with Crippen LogP contribution in [0.25, 0.3) is 16.9 Å². The molecule has 0 radical (unpaired) electrons. The van der Waals surface area contributed by atoms with Gasteiger partial charge >= 0.3 is 0 Å². The zero-order chi connectivity index (χ0) is 20.9. The summed E-state index contributed by atoms with van der Waals surface area (Å²) in [5, 5.41) is 7.30. The molecule has 6 nitrogen and oxygen atoms in total. The topological polar surface area (TPSA) is 69.0 Å². The van der Waals surface area contributed by atoms with Crippen LogP contribution in [0.15, 0.2) is 79.1 Å². The molecule has 0 bridgehead atoms. The van der Waals surface area contributed by atoms with Crippen LogP contribution in [0.4, 0.5) is 10.1 Å². The van der Waals surface area contributed by atoms with Crippen molar-refractivity contribution in [1.29, 1.82) is 0 Å². The van der Waals surface area contributed by atoms with Gasteiger partial charge in [-0.25, -0.2) is 9.07 Å². The van der Waals surface area contributed by atoms with Crippen LogP contribution >= 0.6 is 0 Å². The van der Waals surface area contributed by atoms with Gasteiger partial charge in [-0.1, -0.05) is 0 Å². The molecule has 2 aromatic carbocycles. The number of hydrogen-bond acceptors (Lipinski definition) is 4. The van der Waals surface area contributed by atoms with Crippen molar-refractivity contribution >= 4 is 11.6 Å². The molecule has 150 valence electrons. The van der Waals surface area contributed by atoms with Crippen LogP contribution in [0, 0.1) is 5.82 Å². The second-order valence-corrected chi connectivity index (χ2v) is 6.45. The largest absolute Gasteiger partial charge is 0.494 e. The van der Waals surface area contributed by atoms with E-state index in [1.54, 1.807) is 59.5 Å². The van der Waals surface area contributed by atoms with Gasteiger partial charge in [0.25, 0.3) is 5.91 Å². The van der Waals surface area contributed by atoms with Crippen molar-refractivity contribution < 1.29 is 13.9 Å². The van der Waals surface area contributed by atoms with Crippen molar-refractivity contribution in [2.45, 2.75) is 6.92 Å². The summed E-state index contributed by atoms with van der Waals surface area (Å²) in [6, 6.07) is 18.4. The van der Waals surface area contributed by atoms with Gasteiger partial charge < -0.3 is 10.1 Å². The van der Waals surface area contributed by atoms with Crippen molar-refractivity contribution in [3.05, 3.63) is 90.6 Å². The van der Waals surface area contributed by atoms with Crippen molar-refractivity contribution in [2.24, 2.45) is 0 Å². The fourth-order valence-electron chi connectivity index (χ4n) is 3.00. The van der Waals surface area contributed by atoms with Gasteiger partial charge in [-0.3, -0.25) is 9.78 Å². The van der Waals surface area contributed by atoms with Gasteiger partial charge in [0.1, 0.15) is 11.6 Å². The number of halogens is 1. The highest BCUT2D eigenvalue weighted by Gasteiger charge is 2.17. The van der Waals surface area contributed by atoms with Crippen molar-refractivity contribution in [3.8, 4) is 22.7 Å². The summed E-state index contributed by atoms with van der Waals surface area (Å²) in [5.74, 6) is 0.0382. The summed E-state index contributed by atoms with van der Waals surface area (Å²) in [6.45, 7) is 2.48. The third kappa shape index (κ3) is 4.20. The minimum absolute atomic E-state index is 0.236. The molecule has 0 atom stereocenters. The molecule has 2 aromatic heterocycles. The highest BCUT2D eigenvalue weighted by molar-refractivity contribution is 6.03. The molecule has 0 saturated heterocycles. The molecule has 7 heteroatoms. The Labute approximate surface area is 173 Å². The maximum atomic E-state index is 13.4. The first kappa shape index (κ1) is 19.3. The van der Waals surface area contributed by atoms with Crippen LogP contribution in [0.3, 0.4) is 0 Å². The Balaban J connectivity index is 1.66. The molecule has 0 aliphatic carbocycles. The van der Waals surface area contributed by atoms with E-state index in [2.05, 4.69) is 15.4 Å². The third-order valence-electron chi connectivity index (χ3n) is 4.41. The summed E-state index contributed by atoms with van der Waals surface area (Å²) in [5.41, 5.74) is 3.04. The molecule has 4 rings (SSSR count). The lowest BCUT2D eigenvalue weighted by Crippen LogP contribution is -2.13. The lowest BCUT2D eigenvalue weighted by atomic mass is 10.1. The lowest BCUT2D eigenvalue weighted by molar-refractivity contribution is 0.102. The van der Waals surface area contributed by atoms with Crippen molar-refractivity contribution in [3.63, 3.8) is 0 Å². The summed E-state index contributed by atoms with van der Waals surface area (Å²) in [7, 11) is 0. The molecule has 1 amide bonds. The molecule has 0 fully saturated rings. The van der Waals surface area contributed by atoms with Gasteiger partial charge in [-0.15, -0.1) is 0 Å². The van der Waals surface area contributed by atoms with E-state index < -0.39 is 0 Å². The molecule has 0 saturated carbocycles. The molecule has 30 heavy (non-hydrogen) atoms. The quantitative estimate of drug-likeness (QED) is 0.506. The Morgan fingerprint density at radius 3 is 2.40 bits per heavy atom. The van der Waals surface area contributed by atoms with Crippen LogP contribution in [0.5, 0.6) is 5.75 Å². The van der Waals surface area contributed by atoms with Crippen LogP contribution in [0.2, 0.25) is 0 Å². The molecular formula is C23H19FN4O2. The number of nitrogens with zero attached hydrogens (tertiary/aromatic N) is 3. The maximum Gasteiger partial charge on any atom is 0.276 e. The van der Waals surface area contributed by atoms with Crippen LogP contribution in [-0.2, 0) is 0 Å². The minimum Gasteiger partial charge on any atom is -0.494 e. The van der Waals surface area contributed by atoms with Gasteiger partial charge in [0.15, 0.2) is 5.69 Å². The van der Waals surface area contributed by atoms with Crippen molar-refractivity contribution in [1.82, 2.24) is 14.8 Å². The number of carbonyl (C=O) groups is 1. The number of amides is 1. The number of benzene rings is 2. The Kier molecular flexibility index (Phi) is 5.52.